The molecule has 1 atom stereocenters. The molecule has 1 unspecified atom stereocenters. The standard InChI is InChI=1S/C25H29F3N2O7S/c1-30-15-13-24(14-16-30,23(31)29-37-22-4-2-3-17-34-22)38(32,33)21-11-9-19(10-12-21)35-18-5-7-20(8-6-18)36-25(26,27)28/h5-12,22H,2-4,13-17H2,1H3,(H,29,31). The molecule has 2 aliphatic rings. The SMILES string of the molecule is CN1CCC(C(=O)NOC2CCCCO2)(S(=O)(=O)c2ccc(Oc3ccc(OC(F)(F)F)cc3)cc2)CC1. The van der Waals surface area contributed by atoms with E-state index in [9.17, 15) is 26.4 Å². The van der Waals surface area contributed by atoms with Crippen molar-refractivity contribution in [1.29, 1.82) is 0 Å². The lowest BCUT2D eigenvalue weighted by Gasteiger charge is -2.38. The number of benzene rings is 2. The van der Waals surface area contributed by atoms with Crippen LogP contribution in [-0.4, -0.2) is 63.4 Å². The van der Waals surface area contributed by atoms with Crippen LogP contribution in [0.3, 0.4) is 0 Å². The molecule has 0 radical (unpaired) electrons. The Morgan fingerprint density at radius 1 is 1.00 bits per heavy atom. The van der Waals surface area contributed by atoms with Gasteiger partial charge in [-0.25, -0.2) is 18.7 Å². The van der Waals surface area contributed by atoms with Gasteiger partial charge in [-0.1, -0.05) is 0 Å². The molecule has 1 amide bonds. The summed E-state index contributed by atoms with van der Waals surface area (Å²) in [6.45, 7) is 1.32. The number of ether oxygens (including phenoxy) is 3. The van der Waals surface area contributed by atoms with E-state index < -0.39 is 38.9 Å². The Morgan fingerprint density at radius 2 is 1.58 bits per heavy atom. The van der Waals surface area contributed by atoms with E-state index in [1.807, 2.05) is 11.9 Å². The van der Waals surface area contributed by atoms with Gasteiger partial charge in [-0.05, 0) is 94.4 Å². The number of hydrogen-bond donors (Lipinski definition) is 1. The maximum atomic E-state index is 13.8. The van der Waals surface area contributed by atoms with Crippen molar-refractivity contribution in [2.45, 2.75) is 54.4 Å². The summed E-state index contributed by atoms with van der Waals surface area (Å²) in [5.74, 6) is -0.648. The fourth-order valence-electron chi connectivity index (χ4n) is 4.37. The van der Waals surface area contributed by atoms with Gasteiger partial charge in [-0.3, -0.25) is 4.79 Å². The van der Waals surface area contributed by atoms with Crippen LogP contribution in [-0.2, 0) is 24.2 Å². The molecule has 0 bridgehead atoms. The smallest absolute Gasteiger partial charge is 0.457 e. The highest BCUT2D eigenvalue weighted by molar-refractivity contribution is 7.93. The fourth-order valence-corrected chi connectivity index (χ4v) is 6.32. The van der Waals surface area contributed by atoms with Gasteiger partial charge in [0.25, 0.3) is 5.91 Å². The van der Waals surface area contributed by atoms with Crippen molar-refractivity contribution < 1.29 is 45.4 Å². The summed E-state index contributed by atoms with van der Waals surface area (Å²) in [6.07, 6.45) is -2.88. The number of hydrogen-bond acceptors (Lipinski definition) is 8. The minimum atomic E-state index is -4.80. The third-order valence-electron chi connectivity index (χ3n) is 6.57. The summed E-state index contributed by atoms with van der Waals surface area (Å²) < 4.78 is 77.8. The zero-order valence-corrected chi connectivity index (χ0v) is 21.5. The van der Waals surface area contributed by atoms with Crippen LogP contribution in [0.15, 0.2) is 53.4 Å². The average Bonchev–Trinajstić information content (AvgIpc) is 2.89. The summed E-state index contributed by atoms with van der Waals surface area (Å²) in [7, 11) is -2.29. The number of carbonyl (C=O) groups is 1. The molecule has 0 saturated carbocycles. The third kappa shape index (κ3) is 6.57. The predicted molar refractivity (Wildman–Crippen MR) is 129 cm³/mol. The maximum absolute atomic E-state index is 13.8. The fraction of sp³-hybridized carbons (Fsp3) is 0.480. The molecule has 0 aliphatic carbocycles. The molecule has 4 rings (SSSR count). The van der Waals surface area contributed by atoms with Crippen molar-refractivity contribution in [1.82, 2.24) is 10.4 Å². The lowest BCUT2D eigenvalue weighted by Crippen LogP contribution is -2.58. The van der Waals surface area contributed by atoms with E-state index in [4.69, 9.17) is 14.3 Å². The summed E-state index contributed by atoms with van der Waals surface area (Å²) in [6, 6.07) is 10.3. The van der Waals surface area contributed by atoms with Crippen molar-refractivity contribution in [3.05, 3.63) is 48.5 Å². The third-order valence-corrected chi connectivity index (χ3v) is 9.09. The van der Waals surface area contributed by atoms with Crippen LogP contribution in [0.4, 0.5) is 13.2 Å². The van der Waals surface area contributed by atoms with Crippen molar-refractivity contribution in [2.24, 2.45) is 0 Å². The van der Waals surface area contributed by atoms with Gasteiger partial charge < -0.3 is 19.1 Å². The zero-order chi connectivity index (χ0) is 27.4. The van der Waals surface area contributed by atoms with Crippen LogP contribution >= 0.6 is 0 Å². The number of nitrogens with one attached hydrogen (secondary N) is 1. The van der Waals surface area contributed by atoms with Gasteiger partial charge in [0.15, 0.2) is 20.9 Å². The van der Waals surface area contributed by atoms with E-state index in [-0.39, 0.29) is 29.2 Å². The van der Waals surface area contributed by atoms with Gasteiger partial charge in [-0.15, -0.1) is 13.2 Å². The van der Waals surface area contributed by atoms with Gasteiger partial charge in [0, 0.05) is 13.0 Å². The number of hydroxylamine groups is 1. The molecule has 2 fully saturated rings. The number of sulfone groups is 1. The Hall–Kier alpha value is -2.87. The minimum absolute atomic E-state index is 0.0626. The quantitative estimate of drug-likeness (QED) is 0.482. The van der Waals surface area contributed by atoms with Crippen LogP contribution in [0, 0.1) is 0 Å². The first-order chi connectivity index (χ1) is 18.0. The maximum Gasteiger partial charge on any atom is 0.573 e. The number of halogens is 3. The molecule has 2 heterocycles. The van der Waals surface area contributed by atoms with E-state index in [1.54, 1.807) is 0 Å². The van der Waals surface area contributed by atoms with Crippen molar-refractivity contribution in [3.63, 3.8) is 0 Å². The van der Waals surface area contributed by atoms with Crippen LogP contribution in [0.5, 0.6) is 17.2 Å². The Bertz CT molecular complexity index is 1190. The summed E-state index contributed by atoms with van der Waals surface area (Å²) in [5.41, 5.74) is 2.35. The largest absolute Gasteiger partial charge is 0.573 e. The first-order valence-electron chi connectivity index (χ1n) is 12.1. The summed E-state index contributed by atoms with van der Waals surface area (Å²) in [5, 5.41) is 0. The highest BCUT2D eigenvalue weighted by Gasteiger charge is 2.53. The Morgan fingerprint density at radius 3 is 2.13 bits per heavy atom. The lowest BCUT2D eigenvalue weighted by molar-refractivity contribution is -0.274. The van der Waals surface area contributed by atoms with Crippen LogP contribution in [0.1, 0.15) is 32.1 Å². The number of rotatable bonds is 8. The molecular formula is C25H29F3N2O7S. The monoisotopic (exact) mass is 558 g/mol. The summed E-state index contributed by atoms with van der Waals surface area (Å²) >= 11 is 0. The summed E-state index contributed by atoms with van der Waals surface area (Å²) in [4.78, 5) is 20.6. The van der Waals surface area contributed by atoms with Gasteiger partial charge >= 0.3 is 6.36 Å². The molecular weight excluding hydrogens is 529 g/mol. The first-order valence-corrected chi connectivity index (χ1v) is 13.6. The van der Waals surface area contributed by atoms with Gasteiger partial charge in [0.1, 0.15) is 17.2 Å². The molecule has 13 heteroatoms. The normalized spacial score (nSPS) is 20.5. The van der Waals surface area contributed by atoms with Crippen LogP contribution in [0.25, 0.3) is 0 Å². The van der Waals surface area contributed by atoms with Crippen molar-refractivity contribution in [2.75, 3.05) is 26.7 Å². The zero-order valence-electron chi connectivity index (χ0n) is 20.7. The minimum Gasteiger partial charge on any atom is -0.457 e. The molecule has 0 aromatic heterocycles. The van der Waals surface area contributed by atoms with Gasteiger partial charge in [0.2, 0.25) is 0 Å². The average molecular weight is 559 g/mol. The highest BCUT2D eigenvalue weighted by atomic mass is 32.2. The molecule has 0 spiro atoms. The topological polar surface area (TPSA) is 103 Å². The number of nitrogens with zero attached hydrogens (tertiary/aromatic N) is 1. The predicted octanol–water partition coefficient (Wildman–Crippen LogP) is 4.19. The molecule has 208 valence electrons. The number of carbonyl (C=O) groups excluding carboxylic acids is 1. The molecule has 9 nitrogen and oxygen atoms in total. The molecule has 2 aromatic rings. The molecule has 2 aromatic carbocycles. The Balaban J connectivity index is 1.49. The molecule has 38 heavy (non-hydrogen) atoms. The number of amides is 1. The highest BCUT2D eigenvalue weighted by Crippen LogP contribution is 2.37. The second-order valence-corrected chi connectivity index (χ2v) is 11.5. The van der Waals surface area contributed by atoms with Crippen molar-refractivity contribution >= 4 is 15.7 Å². The van der Waals surface area contributed by atoms with E-state index in [0.717, 1.165) is 25.0 Å². The Labute approximate surface area is 218 Å². The van der Waals surface area contributed by atoms with Crippen LogP contribution < -0.4 is 15.0 Å². The van der Waals surface area contributed by atoms with E-state index in [0.29, 0.717) is 26.1 Å². The Kier molecular flexibility index (Phi) is 8.50. The second-order valence-electron chi connectivity index (χ2n) is 9.24. The van der Waals surface area contributed by atoms with Gasteiger partial charge in [0.05, 0.1) is 4.90 Å². The molecule has 2 aliphatic heterocycles. The first kappa shape index (κ1) is 28.1. The van der Waals surface area contributed by atoms with E-state index in [2.05, 4.69) is 10.2 Å². The van der Waals surface area contributed by atoms with Crippen molar-refractivity contribution in [3.8, 4) is 17.2 Å². The van der Waals surface area contributed by atoms with Crippen LogP contribution in [0.2, 0.25) is 0 Å². The van der Waals surface area contributed by atoms with Gasteiger partial charge in [-0.2, -0.15) is 0 Å². The number of likely N-dealkylation sites (tertiary alicyclic amines) is 1. The second kappa shape index (κ2) is 11.5. The molecule has 2 saturated heterocycles. The lowest BCUT2D eigenvalue weighted by atomic mass is 9.95. The number of alkyl halides is 3. The van der Waals surface area contributed by atoms with E-state index >= 15 is 0 Å². The number of piperidine rings is 1. The molecule has 1 N–H and O–H groups in total. The van der Waals surface area contributed by atoms with E-state index in [1.165, 1.54) is 36.4 Å².